The molecule has 3 heteroatoms. The van der Waals surface area contributed by atoms with Crippen molar-refractivity contribution in [2.75, 3.05) is 13.1 Å². The molecule has 0 aliphatic carbocycles. The second-order valence-electron chi connectivity index (χ2n) is 5.66. The van der Waals surface area contributed by atoms with E-state index in [0.29, 0.717) is 0 Å². The summed E-state index contributed by atoms with van der Waals surface area (Å²) in [6, 6.07) is 4.45. The van der Waals surface area contributed by atoms with E-state index in [2.05, 4.69) is 24.8 Å². The van der Waals surface area contributed by atoms with Crippen LogP contribution in [-0.4, -0.2) is 24.0 Å². The maximum Gasteiger partial charge on any atom is 0.122 e. The lowest BCUT2D eigenvalue weighted by molar-refractivity contribution is 0.0945. The minimum atomic E-state index is 0.103. The molecule has 0 radical (unpaired) electrons. The van der Waals surface area contributed by atoms with Crippen LogP contribution >= 0.6 is 0 Å². The van der Waals surface area contributed by atoms with Crippen molar-refractivity contribution in [3.63, 3.8) is 0 Å². The maximum absolute atomic E-state index is 6.19. The molecule has 0 aromatic carbocycles. The lowest BCUT2D eigenvalue weighted by Crippen LogP contribution is -2.44. The monoisotopic (exact) mass is 250 g/mol. The van der Waals surface area contributed by atoms with Crippen LogP contribution in [-0.2, 0) is 0 Å². The van der Waals surface area contributed by atoms with Crippen LogP contribution in [0.3, 0.4) is 0 Å². The van der Waals surface area contributed by atoms with Gasteiger partial charge < -0.3 is 10.2 Å². The van der Waals surface area contributed by atoms with Crippen LogP contribution in [0.2, 0.25) is 0 Å². The highest BCUT2D eigenvalue weighted by molar-refractivity contribution is 5.12. The van der Waals surface area contributed by atoms with Gasteiger partial charge in [-0.25, -0.2) is 0 Å². The highest BCUT2D eigenvalue weighted by Gasteiger charge is 2.30. The Morgan fingerprint density at radius 3 is 2.83 bits per heavy atom. The molecular weight excluding hydrogens is 224 g/mol. The fraction of sp³-hybridized carbons (Fsp3) is 0.733. The van der Waals surface area contributed by atoms with E-state index >= 15 is 0 Å². The Balaban J connectivity index is 2.14. The van der Waals surface area contributed by atoms with Gasteiger partial charge in [-0.05, 0) is 51.3 Å². The van der Waals surface area contributed by atoms with E-state index in [9.17, 15) is 0 Å². The third-order valence-corrected chi connectivity index (χ3v) is 4.07. The molecule has 2 heterocycles. The number of nitrogens with two attached hydrogens (primary N) is 1. The van der Waals surface area contributed by atoms with Crippen LogP contribution in [0, 0.1) is 12.8 Å². The van der Waals surface area contributed by atoms with Crippen LogP contribution in [0.25, 0.3) is 0 Å². The molecule has 1 aromatic rings. The van der Waals surface area contributed by atoms with Gasteiger partial charge in [0.15, 0.2) is 0 Å². The van der Waals surface area contributed by atoms with Crippen molar-refractivity contribution < 1.29 is 4.42 Å². The molecule has 2 rings (SSSR count). The number of nitrogens with zero attached hydrogens (tertiary/aromatic N) is 1. The molecule has 1 aliphatic heterocycles. The molecule has 0 spiro atoms. The first kappa shape index (κ1) is 13.6. The van der Waals surface area contributed by atoms with Gasteiger partial charge in [0.05, 0.1) is 6.04 Å². The number of aryl methyl sites for hydroxylation is 1. The molecule has 0 amide bonds. The Labute approximate surface area is 110 Å². The first-order valence-corrected chi connectivity index (χ1v) is 7.17. The second kappa shape index (κ2) is 5.89. The van der Waals surface area contributed by atoms with E-state index in [1.165, 1.54) is 19.3 Å². The lowest BCUT2D eigenvalue weighted by Gasteiger charge is -2.38. The Morgan fingerprint density at radius 1 is 1.50 bits per heavy atom. The van der Waals surface area contributed by atoms with Crippen molar-refractivity contribution in [3.05, 3.63) is 23.7 Å². The Morgan fingerprint density at radius 2 is 2.28 bits per heavy atom. The number of furan rings is 1. The smallest absolute Gasteiger partial charge is 0.122 e. The lowest BCUT2D eigenvalue weighted by atomic mass is 9.93. The van der Waals surface area contributed by atoms with E-state index in [1.807, 2.05) is 13.0 Å². The molecule has 1 aliphatic rings. The molecule has 0 bridgehead atoms. The summed E-state index contributed by atoms with van der Waals surface area (Å²) >= 11 is 0. The van der Waals surface area contributed by atoms with Crippen LogP contribution in [0.1, 0.15) is 50.7 Å². The Kier molecular flexibility index (Phi) is 4.46. The molecule has 3 nitrogen and oxygen atoms in total. The predicted octanol–water partition coefficient (Wildman–Crippen LogP) is 3.10. The van der Waals surface area contributed by atoms with Crippen LogP contribution in [0.5, 0.6) is 0 Å². The summed E-state index contributed by atoms with van der Waals surface area (Å²) in [6.45, 7) is 8.65. The van der Waals surface area contributed by atoms with Gasteiger partial charge in [0.2, 0.25) is 0 Å². The molecule has 1 saturated heterocycles. The molecule has 1 aromatic heterocycles. The summed E-state index contributed by atoms with van der Waals surface area (Å²) in [5, 5.41) is 0. The highest BCUT2D eigenvalue weighted by atomic mass is 16.3. The summed E-state index contributed by atoms with van der Waals surface area (Å²) in [5.74, 6) is 2.81. The van der Waals surface area contributed by atoms with E-state index in [1.54, 1.807) is 0 Å². The van der Waals surface area contributed by atoms with Gasteiger partial charge in [0, 0.05) is 12.6 Å². The van der Waals surface area contributed by atoms with Crippen LogP contribution in [0.4, 0.5) is 0 Å². The molecule has 3 unspecified atom stereocenters. The number of piperidine rings is 1. The van der Waals surface area contributed by atoms with Gasteiger partial charge >= 0.3 is 0 Å². The molecule has 0 saturated carbocycles. The summed E-state index contributed by atoms with van der Waals surface area (Å²) in [6.07, 6.45) is 3.90. The summed E-state index contributed by atoms with van der Waals surface area (Å²) in [7, 11) is 0. The van der Waals surface area contributed by atoms with Crippen molar-refractivity contribution >= 4 is 0 Å². The average molecular weight is 250 g/mol. The third-order valence-electron chi connectivity index (χ3n) is 4.07. The van der Waals surface area contributed by atoms with Crippen molar-refractivity contribution in [1.29, 1.82) is 0 Å². The van der Waals surface area contributed by atoms with Crippen molar-refractivity contribution in [3.8, 4) is 0 Å². The fourth-order valence-corrected chi connectivity index (χ4v) is 3.07. The zero-order valence-electron chi connectivity index (χ0n) is 11.9. The largest absolute Gasteiger partial charge is 0.465 e. The van der Waals surface area contributed by atoms with Crippen molar-refractivity contribution in [1.82, 2.24) is 4.90 Å². The fourth-order valence-electron chi connectivity index (χ4n) is 3.07. The van der Waals surface area contributed by atoms with Crippen LogP contribution < -0.4 is 5.73 Å². The van der Waals surface area contributed by atoms with Gasteiger partial charge in [0.25, 0.3) is 0 Å². The normalized spacial score (nSPS) is 25.0. The van der Waals surface area contributed by atoms with Gasteiger partial charge in [-0.3, -0.25) is 4.90 Å². The first-order chi connectivity index (χ1) is 8.61. The molecule has 2 N–H and O–H groups in total. The van der Waals surface area contributed by atoms with E-state index in [-0.39, 0.29) is 12.1 Å². The summed E-state index contributed by atoms with van der Waals surface area (Å²) in [4.78, 5) is 2.51. The Bertz CT molecular complexity index is 372. The zero-order valence-corrected chi connectivity index (χ0v) is 11.9. The molecule has 18 heavy (non-hydrogen) atoms. The predicted molar refractivity (Wildman–Crippen MR) is 74.4 cm³/mol. The van der Waals surface area contributed by atoms with Gasteiger partial charge in [-0.15, -0.1) is 0 Å². The van der Waals surface area contributed by atoms with Gasteiger partial charge in [0.1, 0.15) is 11.5 Å². The molecular formula is C15H26N2O. The standard InChI is InChI=1S/C15H26N2O/c1-4-13-6-5-9-17(10-13)15(12(3)16)14-8-7-11(2)18-14/h7-8,12-13,15H,4-6,9-10,16H2,1-3H3. The van der Waals surface area contributed by atoms with Gasteiger partial charge in [-0.1, -0.05) is 13.3 Å². The third kappa shape index (κ3) is 2.96. The van der Waals surface area contributed by atoms with E-state index in [0.717, 1.165) is 30.5 Å². The highest BCUT2D eigenvalue weighted by Crippen LogP contribution is 2.30. The van der Waals surface area contributed by atoms with E-state index in [4.69, 9.17) is 10.2 Å². The minimum Gasteiger partial charge on any atom is -0.465 e. The quantitative estimate of drug-likeness (QED) is 0.893. The maximum atomic E-state index is 6.19. The Hall–Kier alpha value is -0.800. The average Bonchev–Trinajstić information content (AvgIpc) is 2.75. The minimum absolute atomic E-state index is 0.103. The summed E-state index contributed by atoms with van der Waals surface area (Å²) in [5.41, 5.74) is 6.19. The number of hydrogen-bond acceptors (Lipinski definition) is 3. The number of hydrogen-bond donors (Lipinski definition) is 1. The van der Waals surface area contributed by atoms with Crippen LogP contribution in [0.15, 0.2) is 16.5 Å². The zero-order chi connectivity index (χ0) is 13.1. The summed E-state index contributed by atoms with van der Waals surface area (Å²) < 4.78 is 5.81. The molecule has 1 fully saturated rings. The van der Waals surface area contributed by atoms with Crippen molar-refractivity contribution in [2.24, 2.45) is 11.7 Å². The van der Waals surface area contributed by atoms with Gasteiger partial charge in [-0.2, -0.15) is 0 Å². The molecule has 3 atom stereocenters. The topological polar surface area (TPSA) is 42.4 Å². The van der Waals surface area contributed by atoms with Crippen molar-refractivity contribution in [2.45, 2.75) is 52.1 Å². The van der Waals surface area contributed by atoms with E-state index < -0.39 is 0 Å². The first-order valence-electron chi connectivity index (χ1n) is 7.17. The second-order valence-corrected chi connectivity index (χ2v) is 5.66. The molecule has 102 valence electrons. The SMILES string of the molecule is CCC1CCCN(C(c2ccc(C)o2)C(C)N)C1. The number of likely N-dealkylation sites (tertiary alicyclic amines) is 1. The number of rotatable bonds is 4.